The molecule has 1 aliphatic carbocycles. The lowest BCUT2D eigenvalue weighted by molar-refractivity contribution is 0.327. The van der Waals surface area contributed by atoms with E-state index in [0.717, 1.165) is 23.3 Å². The van der Waals surface area contributed by atoms with E-state index in [4.69, 9.17) is 0 Å². The van der Waals surface area contributed by atoms with E-state index in [0.29, 0.717) is 5.82 Å². The molecule has 1 unspecified atom stereocenters. The van der Waals surface area contributed by atoms with Crippen molar-refractivity contribution < 1.29 is 0 Å². The van der Waals surface area contributed by atoms with Crippen LogP contribution in [0.5, 0.6) is 0 Å². The van der Waals surface area contributed by atoms with Crippen LogP contribution in [0.4, 0.5) is 5.82 Å². The number of nitrogens with one attached hydrogen (secondary N) is 1. The molecule has 0 saturated heterocycles. The van der Waals surface area contributed by atoms with Crippen molar-refractivity contribution in [2.24, 2.45) is 20.0 Å². The van der Waals surface area contributed by atoms with E-state index in [2.05, 4.69) is 5.32 Å². The molecule has 1 saturated carbocycles. The van der Waals surface area contributed by atoms with Crippen molar-refractivity contribution in [3.63, 3.8) is 0 Å². The van der Waals surface area contributed by atoms with Crippen LogP contribution in [0.3, 0.4) is 0 Å². The van der Waals surface area contributed by atoms with Gasteiger partial charge in [-0.15, -0.1) is 0 Å². The second-order valence-electron chi connectivity index (χ2n) is 6.67. The fourth-order valence-electron chi connectivity index (χ4n) is 3.38. The molecule has 6 nitrogen and oxygen atoms in total. The quantitative estimate of drug-likeness (QED) is 0.902. The van der Waals surface area contributed by atoms with Gasteiger partial charge >= 0.3 is 5.69 Å². The van der Waals surface area contributed by atoms with Crippen molar-refractivity contribution in [2.75, 3.05) is 5.32 Å². The summed E-state index contributed by atoms with van der Waals surface area (Å²) < 4.78 is 2.31. The van der Waals surface area contributed by atoms with Crippen LogP contribution in [0.2, 0.25) is 0 Å². The summed E-state index contributed by atoms with van der Waals surface area (Å²) in [6, 6.07) is 2.04. The van der Waals surface area contributed by atoms with Crippen LogP contribution in [-0.4, -0.2) is 15.2 Å². The predicted octanol–water partition coefficient (Wildman–Crippen LogP) is 2.12. The third kappa shape index (κ3) is 3.84. The fourth-order valence-corrected chi connectivity index (χ4v) is 3.38. The Kier molecular flexibility index (Phi) is 5.64. The summed E-state index contributed by atoms with van der Waals surface area (Å²) in [7, 11) is 2.97. The molecule has 0 aromatic carbocycles. The molecule has 1 aromatic heterocycles. The number of nitriles is 1. The zero-order valence-corrected chi connectivity index (χ0v) is 14.3. The highest BCUT2D eigenvalue weighted by Gasteiger charge is 2.18. The molecule has 1 atom stereocenters. The minimum atomic E-state index is -0.544. The van der Waals surface area contributed by atoms with E-state index in [1.165, 1.54) is 43.7 Å². The predicted molar refractivity (Wildman–Crippen MR) is 90.5 cm³/mol. The van der Waals surface area contributed by atoms with Gasteiger partial charge in [0, 0.05) is 20.1 Å². The zero-order valence-electron chi connectivity index (χ0n) is 14.3. The lowest BCUT2D eigenvalue weighted by Crippen LogP contribution is -2.40. The summed E-state index contributed by atoms with van der Waals surface area (Å²) in [5.41, 5.74) is -0.965. The van der Waals surface area contributed by atoms with E-state index in [1.54, 1.807) is 7.05 Å². The Hall–Kier alpha value is -2.03. The highest BCUT2D eigenvalue weighted by molar-refractivity contribution is 5.51. The summed E-state index contributed by atoms with van der Waals surface area (Å²) in [4.78, 5) is 24.1. The molecule has 0 spiro atoms. The van der Waals surface area contributed by atoms with Gasteiger partial charge in [0.15, 0.2) is 5.56 Å². The maximum atomic E-state index is 12.1. The number of hydrogen-bond donors (Lipinski definition) is 1. The SMILES string of the molecule is CC(CCC1CCCCC1)Nc1c(C#N)c(=O)n(C)c(=O)n1C. The Balaban J connectivity index is 2.11. The van der Waals surface area contributed by atoms with Crippen molar-refractivity contribution in [1.29, 1.82) is 5.26 Å². The Bertz CT molecular complexity index is 705. The van der Waals surface area contributed by atoms with Gasteiger partial charge in [-0.05, 0) is 25.7 Å². The number of nitrogens with zero attached hydrogens (tertiary/aromatic N) is 3. The van der Waals surface area contributed by atoms with Crippen LogP contribution in [-0.2, 0) is 14.1 Å². The molecule has 1 heterocycles. The minimum absolute atomic E-state index is 0.000818. The monoisotopic (exact) mass is 318 g/mol. The Labute approximate surface area is 136 Å². The lowest BCUT2D eigenvalue weighted by Gasteiger charge is -2.24. The van der Waals surface area contributed by atoms with Gasteiger partial charge < -0.3 is 5.32 Å². The summed E-state index contributed by atoms with van der Waals surface area (Å²) in [5, 5.41) is 12.5. The van der Waals surface area contributed by atoms with Gasteiger partial charge in [0.05, 0.1) is 0 Å². The Morgan fingerprint density at radius 1 is 1.22 bits per heavy atom. The summed E-state index contributed by atoms with van der Waals surface area (Å²) in [5.74, 6) is 1.12. The van der Waals surface area contributed by atoms with E-state index in [9.17, 15) is 14.9 Å². The van der Waals surface area contributed by atoms with Crippen LogP contribution >= 0.6 is 0 Å². The molecule has 2 rings (SSSR count). The summed E-state index contributed by atoms with van der Waals surface area (Å²) >= 11 is 0. The van der Waals surface area contributed by atoms with Crippen molar-refractivity contribution in [1.82, 2.24) is 9.13 Å². The third-order valence-electron chi connectivity index (χ3n) is 4.89. The van der Waals surface area contributed by atoms with E-state index < -0.39 is 11.2 Å². The second-order valence-corrected chi connectivity index (χ2v) is 6.67. The number of hydrogen-bond acceptors (Lipinski definition) is 4. The Morgan fingerprint density at radius 3 is 2.48 bits per heavy atom. The molecule has 0 radical (unpaired) electrons. The number of aromatic nitrogens is 2. The first-order valence-electron chi connectivity index (χ1n) is 8.42. The third-order valence-corrected chi connectivity index (χ3v) is 4.89. The van der Waals surface area contributed by atoms with Gasteiger partial charge in [0.25, 0.3) is 5.56 Å². The van der Waals surface area contributed by atoms with E-state index in [-0.39, 0.29) is 11.6 Å². The van der Waals surface area contributed by atoms with Gasteiger partial charge in [-0.1, -0.05) is 32.1 Å². The maximum Gasteiger partial charge on any atom is 0.332 e. The van der Waals surface area contributed by atoms with Crippen LogP contribution in [0, 0.1) is 17.2 Å². The number of rotatable bonds is 5. The summed E-state index contributed by atoms with van der Waals surface area (Å²) in [6.07, 6.45) is 8.74. The molecular formula is C17H26N4O2. The van der Waals surface area contributed by atoms with Crippen LogP contribution in [0.15, 0.2) is 9.59 Å². The highest BCUT2D eigenvalue weighted by Crippen LogP contribution is 2.28. The number of anilines is 1. The normalized spacial score (nSPS) is 16.8. The molecule has 0 aliphatic heterocycles. The molecule has 1 N–H and O–H groups in total. The minimum Gasteiger partial charge on any atom is -0.368 e. The topological polar surface area (TPSA) is 79.8 Å². The molecule has 1 fully saturated rings. The molecule has 6 heteroatoms. The average Bonchev–Trinajstić information content (AvgIpc) is 2.57. The molecule has 1 aromatic rings. The first-order chi connectivity index (χ1) is 11.0. The molecule has 0 bridgehead atoms. The van der Waals surface area contributed by atoms with E-state index in [1.807, 2.05) is 13.0 Å². The molecular weight excluding hydrogens is 292 g/mol. The van der Waals surface area contributed by atoms with Crippen LogP contribution < -0.4 is 16.6 Å². The van der Waals surface area contributed by atoms with Crippen molar-refractivity contribution in [3.8, 4) is 6.07 Å². The molecule has 126 valence electrons. The standard InChI is InChI=1S/C17H26N4O2/c1-12(9-10-13-7-5-4-6-8-13)19-15-14(11-18)16(22)21(3)17(23)20(15)2/h12-13,19H,4-10H2,1-3H3. The molecule has 23 heavy (non-hydrogen) atoms. The second kappa shape index (κ2) is 7.49. The highest BCUT2D eigenvalue weighted by atomic mass is 16.2. The van der Waals surface area contributed by atoms with Crippen molar-refractivity contribution >= 4 is 5.82 Å². The first kappa shape index (κ1) is 17.3. The van der Waals surface area contributed by atoms with Gasteiger partial charge in [0.2, 0.25) is 0 Å². The van der Waals surface area contributed by atoms with Gasteiger partial charge in [-0.2, -0.15) is 5.26 Å². The lowest BCUT2D eigenvalue weighted by atomic mass is 9.85. The fraction of sp³-hybridized carbons (Fsp3) is 0.706. The van der Waals surface area contributed by atoms with Crippen molar-refractivity contribution in [2.45, 2.75) is 57.9 Å². The smallest absolute Gasteiger partial charge is 0.332 e. The molecule has 1 aliphatic rings. The maximum absolute atomic E-state index is 12.1. The molecule has 0 amide bonds. The van der Waals surface area contributed by atoms with Crippen LogP contribution in [0.25, 0.3) is 0 Å². The Morgan fingerprint density at radius 2 is 1.87 bits per heavy atom. The first-order valence-corrected chi connectivity index (χ1v) is 8.42. The van der Waals surface area contributed by atoms with Crippen molar-refractivity contribution in [3.05, 3.63) is 26.4 Å². The van der Waals surface area contributed by atoms with Gasteiger partial charge in [-0.25, -0.2) is 4.79 Å². The van der Waals surface area contributed by atoms with Crippen LogP contribution in [0.1, 0.15) is 57.4 Å². The average molecular weight is 318 g/mol. The van der Waals surface area contributed by atoms with Gasteiger partial charge in [-0.3, -0.25) is 13.9 Å². The van der Waals surface area contributed by atoms with Gasteiger partial charge in [0.1, 0.15) is 11.9 Å². The van der Waals surface area contributed by atoms with E-state index >= 15 is 0 Å². The largest absolute Gasteiger partial charge is 0.368 e. The summed E-state index contributed by atoms with van der Waals surface area (Å²) in [6.45, 7) is 2.03. The zero-order chi connectivity index (χ0) is 17.0.